The van der Waals surface area contributed by atoms with Gasteiger partial charge in [-0.25, -0.2) is 17.6 Å². The molecule has 8 heteroatoms. The number of aromatic carboxylic acids is 1. The van der Waals surface area contributed by atoms with Crippen LogP contribution in [0.2, 0.25) is 0 Å². The van der Waals surface area contributed by atoms with Crippen molar-refractivity contribution in [3.05, 3.63) is 59.4 Å². The molecule has 2 N–H and O–H groups in total. The molecule has 23 heavy (non-hydrogen) atoms. The third-order valence-electron chi connectivity index (χ3n) is 3.04. The van der Waals surface area contributed by atoms with Crippen molar-refractivity contribution in [1.29, 1.82) is 0 Å². The van der Waals surface area contributed by atoms with Gasteiger partial charge >= 0.3 is 5.97 Å². The van der Waals surface area contributed by atoms with Gasteiger partial charge in [0.2, 0.25) is 0 Å². The van der Waals surface area contributed by atoms with Crippen LogP contribution in [0.5, 0.6) is 0 Å². The zero-order valence-corrected chi connectivity index (χ0v) is 12.7. The average Bonchev–Trinajstić information content (AvgIpc) is 2.46. The van der Waals surface area contributed by atoms with E-state index in [-0.39, 0.29) is 16.4 Å². The summed E-state index contributed by atoms with van der Waals surface area (Å²) in [7, 11) is -4.12. The number of nitrogens with one attached hydrogen (secondary N) is 1. The second-order valence-electron chi connectivity index (χ2n) is 4.65. The van der Waals surface area contributed by atoms with Gasteiger partial charge in [-0.2, -0.15) is 0 Å². The number of carbonyl (C=O) groups excluding carboxylic acids is 1. The average molecular weight is 337 g/mol. The lowest BCUT2D eigenvalue weighted by Crippen LogP contribution is -2.16. The van der Waals surface area contributed by atoms with Gasteiger partial charge in [0, 0.05) is 5.56 Å². The highest BCUT2D eigenvalue weighted by Gasteiger charge is 2.21. The molecule has 0 saturated heterocycles. The van der Waals surface area contributed by atoms with Crippen molar-refractivity contribution >= 4 is 27.5 Å². The molecule has 0 aliphatic rings. The first kappa shape index (κ1) is 16.6. The largest absolute Gasteiger partial charge is 0.478 e. The number of carboxylic acid groups (broad SMARTS) is 1. The van der Waals surface area contributed by atoms with Crippen LogP contribution in [0, 0.1) is 5.82 Å². The molecule has 0 radical (unpaired) electrons. The SMILES string of the molecule is CC(=O)c1ccc(S(=O)(=O)Nc2cccc(F)c2C(=O)O)cc1. The van der Waals surface area contributed by atoms with E-state index in [0.717, 1.165) is 12.1 Å². The lowest BCUT2D eigenvalue weighted by Gasteiger charge is -2.11. The van der Waals surface area contributed by atoms with Gasteiger partial charge in [0.15, 0.2) is 5.78 Å². The lowest BCUT2D eigenvalue weighted by molar-refractivity contribution is 0.0693. The summed E-state index contributed by atoms with van der Waals surface area (Å²) in [6.45, 7) is 1.34. The summed E-state index contributed by atoms with van der Waals surface area (Å²) in [6, 6.07) is 8.34. The number of ketones is 1. The molecule has 0 bridgehead atoms. The molecule has 0 aliphatic carbocycles. The Hall–Kier alpha value is -2.74. The van der Waals surface area contributed by atoms with Crippen LogP contribution < -0.4 is 4.72 Å². The van der Waals surface area contributed by atoms with E-state index in [1.54, 1.807) is 0 Å². The van der Waals surface area contributed by atoms with Crippen molar-refractivity contribution in [2.24, 2.45) is 0 Å². The van der Waals surface area contributed by atoms with E-state index in [0.29, 0.717) is 5.56 Å². The number of benzene rings is 2. The molecule has 2 aromatic rings. The molecule has 0 aromatic heterocycles. The van der Waals surface area contributed by atoms with E-state index in [4.69, 9.17) is 5.11 Å². The maximum absolute atomic E-state index is 13.6. The molecule has 0 saturated carbocycles. The van der Waals surface area contributed by atoms with Crippen molar-refractivity contribution in [3.8, 4) is 0 Å². The van der Waals surface area contributed by atoms with Crippen LogP contribution in [-0.4, -0.2) is 25.3 Å². The zero-order valence-electron chi connectivity index (χ0n) is 11.9. The fraction of sp³-hybridized carbons (Fsp3) is 0.0667. The van der Waals surface area contributed by atoms with Crippen LogP contribution >= 0.6 is 0 Å². The smallest absolute Gasteiger partial charge is 0.340 e. The summed E-state index contributed by atoms with van der Waals surface area (Å²) in [5.74, 6) is -2.86. The van der Waals surface area contributed by atoms with Gasteiger partial charge in [0.05, 0.1) is 10.6 Å². The maximum Gasteiger partial charge on any atom is 0.340 e. The lowest BCUT2D eigenvalue weighted by atomic mass is 10.2. The molecule has 0 amide bonds. The van der Waals surface area contributed by atoms with Crippen LogP contribution in [0.1, 0.15) is 27.6 Å². The van der Waals surface area contributed by atoms with E-state index in [9.17, 15) is 22.4 Å². The Morgan fingerprint density at radius 2 is 1.70 bits per heavy atom. The Kier molecular flexibility index (Phi) is 4.46. The van der Waals surface area contributed by atoms with Crippen molar-refractivity contribution in [2.45, 2.75) is 11.8 Å². The zero-order chi connectivity index (χ0) is 17.2. The van der Waals surface area contributed by atoms with Crippen LogP contribution in [0.3, 0.4) is 0 Å². The minimum absolute atomic E-state index is 0.178. The molecule has 0 spiro atoms. The van der Waals surface area contributed by atoms with E-state index in [1.165, 1.54) is 37.3 Å². The predicted molar refractivity (Wildman–Crippen MR) is 80.6 cm³/mol. The summed E-state index contributed by atoms with van der Waals surface area (Å²) in [6.07, 6.45) is 0. The fourth-order valence-electron chi connectivity index (χ4n) is 1.90. The summed E-state index contributed by atoms with van der Waals surface area (Å²) < 4.78 is 40.1. The van der Waals surface area contributed by atoms with Gasteiger partial charge < -0.3 is 5.11 Å². The molecule has 0 aliphatic heterocycles. The van der Waals surface area contributed by atoms with Crippen LogP contribution in [-0.2, 0) is 10.0 Å². The van der Waals surface area contributed by atoms with Crippen molar-refractivity contribution < 1.29 is 27.5 Å². The summed E-state index contributed by atoms with van der Waals surface area (Å²) in [5.41, 5.74) is -0.814. The highest BCUT2D eigenvalue weighted by atomic mass is 32.2. The number of halogens is 1. The molecule has 2 rings (SSSR count). The third-order valence-corrected chi connectivity index (χ3v) is 4.42. The number of hydrogen-bond acceptors (Lipinski definition) is 4. The normalized spacial score (nSPS) is 11.0. The Labute approximate surface area is 131 Å². The van der Waals surface area contributed by atoms with Gasteiger partial charge in [0.25, 0.3) is 10.0 Å². The van der Waals surface area contributed by atoms with Crippen LogP contribution in [0.4, 0.5) is 10.1 Å². The number of carbonyl (C=O) groups is 2. The Balaban J connectivity index is 2.41. The second-order valence-corrected chi connectivity index (χ2v) is 6.34. The topological polar surface area (TPSA) is 101 Å². The Morgan fingerprint density at radius 1 is 1.09 bits per heavy atom. The number of sulfonamides is 1. The van der Waals surface area contributed by atoms with E-state index in [1.807, 2.05) is 4.72 Å². The van der Waals surface area contributed by atoms with Gasteiger partial charge in [-0.05, 0) is 31.2 Å². The minimum Gasteiger partial charge on any atom is -0.478 e. The van der Waals surface area contributed by atoms with Crippen LogP contribution in [0.25, 0.3) is 0 Å². The Bertz CT molecular complexity index is 875. The number of Topliss-reactive ketones (excluding diaryl/α,β-unsaturated/α-hetero) is 1. The maximum atomic E-state index is 13.6. The molecule has 0 unspecified atom stereocenters. The number of rotatable bonds is 5. The molecule has 120 valence electrons. The first-order valence-corrected chi connectivity index (χ1v) is 7.86. The highest BCUT2D eigenvalue weighted by molar-refractivity contribution is 7.92. The summed E-state index contributed by atoms with van der Waals surface area (Å²) >= 11 is 0. The van der Waals surface area contributed by atoms with Gasteiger partial charge in [0.1, 0.15) is 11.4 Å². The molecule has 2 aromatic carbocycles. The molecule has 0 atom stereocenters. The Morgan fingerprint density at radius 3 is 2.22 bits per heavy atom. The standard InChI is InChI=1S/C15H12FNO5S/c1-9(18)10-5-7-11(8-6-10)23(21,22)17-13-4-2-3-12(16)14(13)15(19)20/h2-8,17H,1H3,(H,19,20). The van der Waals surface area contributed by atoms with E-state index < -0.39 is 27.4 Å². The van der Waals surface area contributed by atoms with Crippen molar-refractivity contribution in [1.82, 2.24) is 0 Å². The van der Waals surface area contributed by atoms with Gasteiger partial charge in [-0.3, -0.25) is 9.52 Å². The minimum atomic E-state index is -4.12. The number of hydrogen-bond donors (Lipinski definition) is 2. The molecular formula is C15H12FNO5S. The highest BCUT2D eigenvalue weighted by Crippen LogP contribution is 2.23. The van der Waals surface area contributed by atoms with Gasteiger partial charge in [-0.1, -0.05) is 18.2 Å². The molecule has 0 fully saturated rings. The molecule has 6 nitrogen and oxygen atoms in total. The van der Waals surface area contributed by atoms with Crippen molar-refractivity contribution in [3.63, 3.8) is 0 Å². The molecular weight excluding hydrogens is 325 g/mol. The summed E-state index contributed by atoms with van der Waals surface area (Å²) in [5, 5.41) is 9.00. The van der Waals surface area contributed by atoms with Crippen LogP contribution in [0.15, 0.2) is 47.4 Å². The van der Waals surface area contributed by atoms with E-state index >= 15 is 0 Å². The number of anilines is 1. The third kappa shape index (κ3) is 3.54. The van der Waals surface area contributed by atoms with Gasteiger partial charge in [-0.15, -0.1) is 0 Å². The number of carboxylic acids is 1. The first-order chi connectivity index (χ1) is 10.7. The fourth-order valence-corrected chi connectivity index (χ4v) is 2.97. The van der Waals surface area contributed by atoms with Crippen molar-refractivity contribution in [2.75, 3.05) is 4.72 Å². The summed E-state index contributed by atoms with van der Waals surface area (Å²) in [4.78, 5) is 22.1. The molecule has 0 heterocycles. The predicted octanol–water partition coefficient (Wildman–Crippen LogP) is 2.53. The monoisotopic (exact) mass is 337 g/mol. The second kappa shape index (κ2) is 6.17. The quantitative estimate of drug-likeness (QED) is 0.817. The van der Waals surface area contributed by atoms with E-state index in [2.05, 4.69) is 0 Å². The first-order valence-electron chi connectivity index (χ1n) is 6.38.